The molecule has 6 nitrogen and oxygen atoms in total. The van der Waals surface area contributed by atoms with Gasteiger partial charge >= 0.3 is 5.97 Å². The van der Waals surface area contributed by atoms with E-state index in [9.17, 15) is 18.8 Å². The molecule has 2 amide bonds. The Bertz CT molecular complexity index is 560. The van der Waals surface area contributed by atoms with Crippen molar-refractivity contribution < 1.29 is 23.9 Å². The number of aliphatic carboxylic acids is 1. The normalized spacial score (nSPS) is 11.8. The van der Waals surface area contributed by atoms with Crippen LogP contribution in [0.15, 0.2) is 24.3 Å². The number of rotatable bonds is 7. The fourth-order valence-electron chi connectivity index (χ4n) is 1.80. The molecule has 1 aromatic rings. The van der Waals surface area contributed by atoms with Crippen molar-refractivity contribution in [2.24, 2.45) is 5.92 Å². The van der Waals surface area contributed by atoms with Crippen LogP contribution in [0.3, 0.4) is 0 Å². The van der Waals surface area contributed by atoms with Crippen molar-refractivity contribution in [2.45, 2.75) is 26.3 Å². The quantitative estimate of drug-likeness (QED) is 0.704. The molecular weight excluding hydrogens is 291 g/mol. The van der Waals surface area contributed by atoms with Gasteiger partial charge in [-0.05, 0) is 18.1 Å². The predicted octanol–water partition coefficient (Wildman–Crippen LogP) is 1.17. The number of hydrogen-bond acceptors (Lipinski definition) is 3. The molecule has 0 radical (unpaired) electrons. The zero-order valence-electron chi connectivity index (χ0n) is 12.4. The topological polar surface area (TPSA) is 95.5 Å². The van der Waals surface area contributed by atoms with E-state index in [-0.39, 0.29) is 24.4 Å². The SMILES string of the molecule is CC(C)C(NC(=O)c1ccccc1F)C(=O)NCCC(=O)O. The van der Waals surface area contributed by atoms with Crippen molar-refractivity contribution in [1.82, 2.24) is 10.6 Å². The van der Waals surface area contributed by atoms with Crippen molar-refractivity contribution >= 4 is 17.8 Å². The number of amides is 2. The number of nitrogens with one attached hydrogen (secondary N) is 2. The van der Waals surface area contributed by atoms with E-state index >= 15 is 0 Å². The number of halogens is 1. The van der Waals surface area contributed by atoms with E-state index in [2.05, 4.69) is 10.6 Å². The van der Waals surface area contributed by atoms with E-state index in [0.29, 0.717) is 0 Å². The summed E-state index contributed by atoms with van der Waals surface area (Å²) in [5.74, 6) is -3.13. The summed E-state index contributed by atoms with van der Waals surface area (Å²) in [5, 5.41) is 13.4. The van der Waals surface area contributed by atoms with Gasteiger partial charge in [-0.1, -0.05) is 26.0 Å². The molecular formula is C15H19FN2O4. The van der Waals surface area contributed by atoms with Crippen LogP contribution < -0.4 is 10.6 Å². The van der Waals surface area contributed by atoms with E-state index in [4.69, 9.17) is 5.11 Å². The number of carboxylic acid groups (broad SMARTS) is 1. The molecule has 1 atom stereocenters. The molecule has 0 aliphatic carbocycles. The Labute approximate surface area is 127 Å². The highest BCUT2D eigenvalue weighted by atomic mass is 19.1. The molecule has 0 spiro atoms. The van der Waals surface area contributed by atoms with Crippen LogP contribution in [0.4, 0.5) is 4.39 Å². The average molecular weight is 310 g/mol. The lowest BCUT2D eigenvalue weighted by Gasteiger charge is -2.21. The predicted molar refractivity (Wildman–Crippen MR) is 77.8 cm³/mol. The number of carbonyl (C=O) groups excluding carboxylic acids is 2. The molecule has 0 aliphatic rings. The van der Waals surface area contributed by atoms with Crippen molar-refractivity contribution in [1.29, 1.82) is 0 Å². The van der Waals surface area contributed by atoms with Gasteiger partial charge in [-0.25, -0.2) is 4.39 Å². The van der Waals surface area contributed by atoms with Gasteiger partial charge in [-0.15, -0.1) is 0 Å². The number of carboxylic acids is 1. The Hall–Kier alpha value is -2.44. The molecule has 0 saturated heterocycles. The molecule has 0 aliphatic heterocycles. The number of hydrogen-bond donors (Lipinski definition) is 3. The van der Waals surface area contributed by atoms with E-state index in [1.807, 2.05) is 0 Å². The first-order valence-corrected chi connectivity index (χ1v) is 6.87. The number of benzene rings is 1. The van der Waals surface area contributed by atoms with Crippen LogP contribution in [-0.4, -0.2) is 35.5 Å². The molecule has 1 unspecified atom stereocenters. The third kappa shape index (κ3) is 5.16. The lowest BCUT2D eigenvalue weighted by molar-refractivity contribution is -0.137. The maximum atomic E-state index is 13.6. The van der Waals surface area contributed by atoms with Crippen molar-refractivity contribution in [2.75, 3.05) is 6.54 Å². The highest BCUT2D eigenvalue weighted by Gasteiger charge is 2.25. The van der Waals surface area contributed by atoms with Gasteiger partial charge < -0.3 is 15.7 Å². The third-order valence-electron chi connectivity index (χ3n) is 2.99. The summed E-state index contributed by atoms with van der Waals surface area (Å²) in [6, 6.07) is 4.59. The van der Waals surface area contributed by atoms with Crippen LogP contribution in [0.5, 0.6) is 0 Å². The van der Waals surface area contributed by atoms with Crippen LogP contribution in [-0.2, 0) is 9.59 Å². The molecule has 0 fully saturated rings. The highest BCUT2D eigenvalue weighted by Crippen LogP contribution is 2.09. The van der Waals surface area contributed by atoms with E-state index < -0.39 is 29.6 Å². The first-order chi connectivity index (χ1) is 10.3. The van der Waals surface area contributed by atoms with Crippen LogP contribution in [0, 0.1) is 11.7 Å². The summed E-state index contributed by atoms with van der Waals surface area (Å²) in [6.45, 7) is 3.42. The van der Waals surface area contributed by atoms with Gasteiger partial charge in [-0.2, -0.15) is 0 Å². The molecule has 0 heterocycles. The van der Waals surface area contributed by atoms with Crippen LogP contribution in [0.2, 0.25) is 0 Å². The zero-order valence-corrected chi connectivity index (χ0v) is 12.4. The Kier molecular flexibility index (Phi) is 6.49. The minimum absolute atomic E-state index is 0.0348. The van der Waals surface area contributed by atoms with E-state index in [0.717, 1.165) is 6.07 Å². The summed E-state index contributed by atoms with van der Waals surface area (Å²) >= 11 is 0. The van der Waals surface area contributed by atoms with E-state index in [1.165, 1.54) is 18.2 Å². The Morgan fingerprint density at radius 2 is 1.86 bits per heavy atom. The summed E-state index contributed by atoms with van der Waals surface area (Å²) in [4.78, 5) is 34.5. The summed E-state index contributed by atoms with van der Waals surface area (Å²) in [5.41, 5.74) is -0.147. The van der Waals surface area contributed by atoms with Gasteiger partial charge in [0.15, 0.2) is 0 Å². The maximum Gasteiger partial charge on any atom is 0.305 e. The fourth-order valence-corrected chi connectivity index (χ4v) is 1.80. The molecule has 0 saturated carbocycles. The molecule has 0 bridgehead atoms. The molecule has 0 aromatic heterocycles. The fraction of sp³-hybridized carbons (Fsp3) is 0.400. The van der Waals surface area contributed by atoms with Crippen molar-refractivity contribution in [3.63, 3.8) is 0 Å². The van der Waals surface area contributed by atoms with Crippen LogP contribution in [0.1, 0.15) is 30.6 Å². The van der Waals surface area contributed by atoms with Gasteiger partial charge in [0.2, 0.25) is 5.91 Å². The zero-order chi connectivity index (χ0) is 16.7. The smallest absolute Gasteiger partial charge is 0.305 e. The lowest BCUT2D eigenvalue weighted by Crippen LogP contribution is -2.50. The second-order valence-electron chi connectivity index (χ2n) is 5.11. The third-order valence-corrected chi connectivity index (χ3v) is 2.99. The van der Waals surface area contributed by atoms with Crippen molar-refractivity contribution in [3.05, 3.63) is 35.6 Å². The molecule has 22 heavy (non-hydrogen) atoms. The van der Waals surface area contributed by atoms with Crippen LogP contribution in [0.25, 0.3) is 0 Å². The van der Waals surface area contributed by atoms with Crippen LogP contribution >= 0.6 is 0 Å². The molecule has 120 valence electrons. The van der Waals surface area contributed by atoms with Gasteiger partial charge in [0, 0.05) is 6.54 Å². The summed E-state index contributed by atoms with van der Waals surface area (Å²) in [7, 11) is 0. The van der Waals surface area contributed by atoms with Gasteiger partial charge in [0.25, 0.3) is 5.91 Å². The Balaban J connectivity index is 2.72. The van der Waals surface area contributed by atoms with E-state index in [1.54, 1.807) is 13.8 Å². The minimum atomic E-state index is -1.03. The molecule has 1 rings (SSSR count). The standard InChI is InChI=1S/C15H19FN2O4/c1-9(2)13(15(22)17-8-7-12(19)20)18-14(21)10-5-3-4-6-11(10)16/h3-6,9,13H,7-8H2,1-2H3,(H,17,22)(H,18,21)(H,19,20). The van der Waals surface area contributed by atoms with Gasteiger partial charge in [-0.3, -0.25) is 14.4 Å². The minimum Gasteiger partial charge on any atom is -0.481 e. The first-order valence-electron chi connectivity index (χ1n) is 6.87. The maximum absolute atomic E-state index is 13.6. The monoisotopic (exact) mass is 310 g/mol. The van der Waals surface area contributed by atoms with Crippen molar-refractivity contribution in [3.8, 4) is 0 Å². The average Bonchev–Trinajstić information content (AvgIpc) is 2.44. The molecule has 7 heteroatoms. The second kappa shape index (κ2) is 8.11. The lowest BCUT2D eigenvalue weighted by atomic mass is 10.0. The number of carbonyl (C=O) groups is 3. The summed E-state index contributed by atoms with van der Waals surface area (Å²) < 4.78 is 13.6. The highest BCUT2D eigenvalue weighted by molar-refractivity contribution is 5.97. The Morgan fingerprint density at radius 1 is 1.23 bits per heavy atom. The molecule has 3 N–H and O–H groups in total. The second-order valence-corrected chi connectivity index (χ2v) is 5.11. The summed E-state index contributed by atoms with van der Waals surface area (Å²) in [6.07, 6.45) is -0.211. The van der Waals surface area contributed by atoms with Gasteiger partial charge in [0.1, 0.15) is 11.9 Å². The Morgan fingerprint density at radius 3 is 2.41 bits per heavy atom. The largest absolute Gasteiger partial charge is 0.481 e. The first kappa shape index (κ1) is 17.6. The van der Waals surface area contributed by atoms with Gasteiger partial charge in [0.05, 0.1) is 12.0 Å². The molecule has 1 aromatic carbocycles.